The number of hydrogen-bond donors (Lipinski definition) is 1. The number of aromatic nitrogens is 1. The average molecular weight is 360 g/mol. The Balaban J connectivity index is 1.74. The van der Waals surface area contributed by atoms with Gasteiger partial charge in [0.05, 0.1) is 11.3 Å². The molecule has 1 aromatic heterocycles. The minimum absolute atomic E-state index is 0.237. The van der Waals surface area contributed by atoms with Crippen LogP contribution in [0.15, 0.2) is 57.8 Å². The van der Waals surface area contributed by atoms with E-state index in [-0.39, 0.29) is 5.56 Å². The maximum absolute atomic E-state index is 10.9. The Morgan fingerprint density at radius 3 is 2.46 bits per heavy atom. The predicted octanol–water partition coefficient (Wildman–Crippen LogP) is 5.29. The summed E-state index contributed by atoms with van der Waals surface area (Å²) in [4.78, 5) is 16.5. The monoisotopic (exact) mass is 359 g/mol. The summed E-state index contributed by atoms with van der Waals surface area (Å²) in [5.41, 5.74) is 1.86. The number of carbonyl (C=O) groups is 1. The maximum Gasteiger partial charge on any atom is 0.335 e. The zero-order chi connectivity index (χ0) is 17.1. The first-order valence-corrected chi connectivity index (χ1v) is 8.57. The lowest BCUT2D eigenvalue weighted by Crippen LogP contribution is -1.95. The molecule has 0 radical (unpaired) electrons. The van der Waals surface area contributed by atoms with Gasteiger partial charge in [-0.05, 0) is 55.5 Å². The minimum Gasteiger partial charge on any atom is -0.478 e. The molecule has 0 spiro atoms. The van der Waals surface area contributed by atoms with Gasteiger partial charge in [0.1, 0.15) is 5.76 Å². The molecule has 122 valence electrons. The molecule has 0 fully saturated rings. The fourth-order valence-electron chi connectivity index (χ4n) is 2.12. The van der Waals surface area contributed by atoms with Crippen molar-refractivity contribution < 1.29 is 14.3 Å². The van der Waals surface area contributed by atoms with Crippen molar-refractivity contribution in [2.24, 2.45) is 0 Å². The molecule has 4 nitrogen and oxygen atoms in total. The van der Waals surface area contributed by atoms with Gasteiger partial charge in [-0.1, -0.05) is 11.6 Å². The highest BCUT2D eigenvalue weighted by Crippen LogP contribution is 2.28. The van der Waals surface area contributed by atoms with E-state index in [4.69, 9.17) is 21.1 Å². The van der Waals surface area contributed by atoms with E-state index < -0.39 is 5.97 Å². The van der Waals surface area contributed by atoms with Crippen LogP contribution in [-0.2, 0) is 5.75 Å². The van der Waals surface area contributed by atoms with Gasteiger partial charge < -0.3 is 9.52 Å². The lowest BCUT2D eigenvalue weighted by atomic mass is 10.1. The van der Waals surface area contributed by atoms with E-state index in [0.29, 0.717) is 16.7 Å². The van der Waals surface area contributed by atoms with E-state index in [2.05, 4.69) is 4.98 Å². The molecule has 1 N–H and O–H groups in total. The number of carboxylic acids is 1. The molecule has 1 heterocycles. The average Bonchev–Trinajstić information content (AvgIpc) is 2.95. The number of benzene rings is 2. The summed E-state index contributed by atoms with van der Waals surface area (Å²) in [6.07, 6.45) is 0. The number of carboxylic acid groups (broad SMARTS) is 1. The maximum atomic E-state index is 10.9. The second-order valence-corrected chi connectivity index (χ2v) is 6.63. The van der Waals surface area contributed by atoms with E-state index in [1.807, 2.05) is 31.2 Å². The number of aryl methyl sites for hydroxylation is 1. The molecule has 0 saturated carbocycles. The molecule has 6 heteroatoms. The lowest BCUT2D eigenvalue weighted by Gasteiger charge is -1.99. The smallest absolute Gasteiger partial charge is 0.335 e. The van der Waals surface area contributed by atoms with Crippen molar-refractivity contribution in [2.45, 2.75) is 17.6 Å². The Hall–Kier alpha value is -2.24. The number of thioether (sulfide) groups is 1. The molecule has 0 aliphatic heterocycles. The van der Waals surface area contributed by atoms with Crippen LogP contribution in [0.1, 0.15) is 21.8 Å². The number of oxazole rings is 1. The minimum atomic E-state index is -0.954. The molecule has 0 atom stereocenters. The van der Waals surface area contributed by atoms with Crippen molar-refractivity contribution in [2.75, 3.05) is 0 Å². The molecule has 2 aromatic carbocycles. The topological polar surface area (TPSA) is 63.3 Å². The lowest BCUT2D eigenvalue weighted by molar-refractivity contribution is 0.0697. The van der Waals surface area contributed by atoms with Crippen LogP contribution in [0.2, 0.25) is 5.02 Å². The van der Waals surface area contributed by atoms with Crippen LogP contribution in [0, 0.1) is 6.92 Å². The van der Waals surface area contributed by atoms with Gasteiger partial charge in [-0.3, -0.25) is 0 Å². The number of rotatable bonds is 5. The normalized spacial score (nSPS) is 10.8. The summed E-state index contributed by atoms with van der Waals surface area (Å²) in [6.45, 7) is 1.87. The quantitative estimate of drug-likeness (QED) is 0.627. The van der Waals surface area contributed by atoms with Gasteiger partial charge in [-0.25, -0.2) is 9.78 Å². The first-order valence-electron chi connectivity index (χ1n) is 7.21. The fraction of sp³-hybridized carbons (Fsp3) is 0.111. The van der Waals surface area contributed by atoms with E-state index in [1.54, 1.807) is 36.0 Å². The van der Waals surface area contributed by atoms with Crippen molar-refractivity contribution in [3.8, 4) is 11.5 Å². The van der Waals surface area contributed by atoms with Crippen LogP contribution < -0.4 is 0 Å². The molecule has 3 rings (SSSR count). The molecule has 0 aliphatic carbocycles. The van der Waals surface area contributed by atoms with Crippen molar-refractivity contribution in [3.63, 3.8) is 0 Å². The number of hydrogen-bond acceptors (Lipinski definition) is 4. The summed E-state index contributed by atoms with van der Waals surface area (Å²) in [6, 6.07) is 14.1. The van der Waals surface area contributed by atoms with Gasteiger partial charge in [0.2, 0.25) is 5.89 Å². The van der Waals surface area contributed by atoms with Crippen LogP contribution in [-0.4, -0.2) is 16.1 Å². The van der Waals surface area contributed by atoms with E-state index >= 15 is 0 Å². The SMILES string of the molecule is Cc1oc(-c2ccc(C(=O)O)cc2)nc1CSc1ccc(Cl)cc1. The van der Waals surface area contributed by atoms with Gasteiger partial charge in [-0.2, -0.15) is 0 Å². The Bertz CT molecular complexity index is 857. The van der Waals surface area contributed by atoms with Crippen molar-refractivity contribution >= 4 is 29.3 Å². The summed E-state index contributed by atoms with van der Waals surface area (Å²) in [5.74, 6) is 0.986. The van der Waals surface area contributed by atoms with E-state index in [1.165, 1.54) is 0 Å². The third-order valence-corrected chi connectivity index (χ3v) is 4.74. The first kappa shape index (κ1) is 16.6. The van der Waals surface area contributed by atoms with Crippen molar-refractivity contribution in [3.05, 3.63) is 70.6 Å². The van der Waals surface area contributed by atoms with Gasteiger partial charge in [0, 0.05) is 21.2 Å². The Kier molecular flexibility index (Phi) is 4.92. The fourth-order valence-corrected chi connectivity index (χ4v) is 3.15. The third kappa shape index (κ3) is 3.80. The summed E-state index contributed by atoms with van der Waals surface area (Å²) >= 11 is 7.53. The number of halogens is 1. The standard InChI is InChI=1S/C18H14ClNO3S/c1-11-16(10-24-15-8-6-14(19)7-9-15)20-17(23-11)12-2-4-13(5-3-12)18(21)22/h2-9H,10H2,1H3,(H,21,22). The summed E-state index contributed by atoms with van der Waals surface area (Å²) in [7, 11) is 0. The molecular formula is C18H14ClNO3S. The highest BCUT2D eigenvalue weighted by molar-refractivity contribution is 7.98. The second-order valence-electron chi connectivity index (χ2n) is 5.15. The molecule has 0 unspecified atom stereocenters. The summed E-state index contributed by atoms with van der Waals surface area (Å²) < 4.78 is 5.72. The molecule has 0 amide bonds. The third-order valence-electron chi connectivity index (χ3n) is 3.46. The molecule has 0 bridgehead atoms. The van der Waals surface area contributed by atoms with Crippen molar-refractivity contribution in [1.82, 2.24) is 4.98 Å². The number of aromatic carboxylic acids is 1. The van der Waals surface area contributed by atoms with Gasteiger partial charge >= 0.3 is 5.97 Å². The molecule has 3 aromatic rings. The molecular weight excluding hydrogens is 346 g/mol. The van der Waals surface area contributed by atoms with Crippen LogP contribution in [0.3, 0.4) is 0 Å². The zero-order valence-corrected chi connectivity index (χ0v) is 14.4. The zero-order valence-electron chi connectivity index (χ0n) is 12.8. The summed E-state index contributed by atoms with van der Waals surface area (Å²) in [5, 5.41) is 9.65. The Morgan fingerprint density at radius 2 is 1.83 bits per heavy atom. The highest BCUT2D eigenvalue weighted by Gasteiger charge is 2.12. The van der Waals surface area contributed by atoms with Crippen LogP contribution in [0.25, 0.3) is 11.5 Å². The van der Waals surface area contributed by atoms with Gasteiger partial charge in [0.25, 0.3) is 0 Å². The molecule has 24 heavy (non-hydrogen) atoms. The van der Waals surface area contributed by atoms with Crippen LogP contribution in [0.5, 0.6) is 0 Å². The van der Waals surface area contributed by atoms with E-state index in [9.17, 15) is 4.79 Å². The predicted molar refractivity (Wildman–Crippen MR) is 94.6 cm³/mol. The highest BCUT2D eigenvalue weighted by atomic mass is 35.5. The Labute approximate surface area is 148 Å². The molecule has 0 saturated heterocycles. The Morgan fingerprint density at radius 1 is 1.17 bits per heavy atom. The van der Waals surface area contributed by atoms with Crippen LogP contribution in [0.4, 0.5) is 0 Å². The number of nitrogens with zero attached hydrogens (tertiary/aromatic N) is 1. The van der Waals surface area contributed by atoms with E-state index in [0.717, 1.165) is 21.9 Å². The largest absolute Gasteiger partial charge is 0.478 e. The molecule has 0 aliphatic rings. The van der Waals surface area contributed by atoms with Crippen molar-refractivity contribution in [1.29, 1.82) is 0 Å². The van der Waals surface area contributed by atoms with Gasteiger partial charge in [-0.15, -0.1) is 11.8 Å². The van der Waals surface area contributed by atoms with Gasteiger partial charge in [0.15, 0.2) is 0 Å². The second kappa shape index (κ2) is 7.11. The first-order chi connectivity index (χ1) is 11.5. The van der Waals surface area contributed by atoms with Crippen LogP contribution >= 0.6 is 23.4 Å².